The summed E-state index contributed by atoms with van der Waals surface area (Å²) in [5, 5.41) is 6.26. The van der Waals surface area contributed by atoms with E-state index < -0.39 is 9.84 Å². The third kappa shape index (κ3) is 9.71. The SMILES string of the molecule is CCNC(=NCC(C)(C)N1CCCCC1)NCCS(C)(=O)=O.I. The standard InChI is InChI=1S/C15H32N4O2S.HI/c1-5-16-14(17-9-12-22(4,20)21)18-13-15(2,3)19-10-7-6-8-11-19;/h5-13H2,1-4H3,(H2,16,17,18);1H. The number of hydrogen-bond acceptors (Lipinski definition) is 4. The van der Waals surface area contributed by atoms with Crippen LogP contribution in [0.15, 0.2) is 4.99 Å². The first-order chi connectivity index (χ1) is 10.2. The van der Waals surface area contributed by atoms with Gasteiger partial charge in [0, 0.05) is 24.9 Å². The molecule has 0 saturated carbocycles. The third-order valence-electron chi connectivity index (χ3n) is 3.95. The van der Waals surface area contributed by atoms with Gasteiger partial charge in [0.05, 0.1) is 12.3 Å². The van der Waals surface area contributed by atoms with Crippen molar-refractivity contribution in [1.82, 2.24) is 15.5 Å². The van der Waals surface area contributed by atoms with E-state index in [0.717, 1.165) is 19.6 Å². The van der Waals surface area contributed by atoms with Gasteiger partial charge < -0.3 is 10.6 Å². The maximum absolute atomic E-state index is 11.2. The Morgan fingerprint density at radius 3 is 2.30 bits per heavy atom. The van der Waals surface area contributed by atoms with Crippen LogP contribution < -0.4 is 10.6 Å². The number of guanidine groups is 1. The zero-order chi connectivity index (χ0) is 16.6. The average Bonchev–Trinajstić information content (AvgIpc) is 2.44. The Morgan fingerprint density at radius 1 is 1.17 bits per heavy atom. The van der Waals surface area contributed by atoms with Crippen molar-refractivity contribution in [3.63, 3.8) is 0 Å². The Bertz CT molecular complexity index is 460. The molecule has 1 fully saturated rings. The minimum Gasteiger partial charge on any atom is -0.357 e. The molecule has 0 aliphatic carbocycles. The van der Waals surface area contributed by atoms with Gasteiger partial charge in [-0.05, 0) is 46.7 Å². The summed E-state index contributed by atoms with van der Waals surface area (Å²) in [6.45, 7) is 10.6. The first-order valence-corrected chi connectivity index (χ1v) is 10.3. The highest BCUT2D eigenvalue weighted by atomic mass is 127. The maximum atomic E-state index is 11.2. The van der Waals surface area contributed by atoms with Gasteiger partial charge in [-0.3, -0.25) is 9.89 Å². The predicted molar refractivity (Wildman–Crippen MR) is 109 cm³/mol. The molecule has 1 rings (SSSR count). The molecule has 1 aliphatic rings. The fourth-order valence-electron chi connectivity index (χ4n) is 2.57. The number of piperidine rings is 1. The lowest BCUT2D eigenvalue weighted by Crippen LogP contribution is -2.49. The van der Waals surface area contributed by atoms with Gasteiger partial charge in [0.25, 0.3) is 0 Å². The van der Waals surface area contributed by atoms with E-state index in [9.17, 15) is 8.42 Å². The van der Waals surface area contributed by atoms with Crippen molar-refractivity contribution in [3.8, 4) is 0 Å². The Kier molecular flexibility index (Phi) is 10.7. The van der Waals surface area contributed by atoms with Gasteiger partial charge in [-0.2, -0.15) is 0 Å². The predicted octanol–water partition coefficient (Wildman–Crippen LogP) is 1.47. The van der Waals surface area contributed by atoms with E-state index in [-0.39, 0.29) is 35.3 Å². The molecule has 1 heterocycles. The van der Waals surface area contributed by atoms with E-state index in [1.165, 1.54) is 25.5 Å². The van der Waals surface area contributed by atoms with Gasteiger partial charge in [0.2, 0.25) is 0 Å². The average molecular weight is 460 g/mol. The maximum Gasteiger partial charge on any atom is 0.191 e. The molecule has 1 aliphatic heterocycles. The van der Waals surface area contributed by atoms with E-state index in [1.54, 1.807) is 0 Å². The molecule has 0 amide bonds. The van der Waals surface area contributed by atoms with E-state index in [0.29, 0.717) is 19.0 Å². The molecule has 23 heavy (non-hydrogen) atoms. The van der Waals surface area contributed by atoms with Gasteiger partial charge in [0.1, 0.15) is 9.84 Å². The zero-order valence-corrected chi connectivity index (χ0v) is 18.0. The van der Waals surface area contributed by atoms with Crippen LogP contribution in [-0.2, 0) is 9.84 Å². The van der Waals surface area contributed by atoms with Crippen molar-refractivity contribution in [2.75, 3.05) is 44.7 Å². The summed E-state index contributed by atoms with van der Waals surface area (Å²) in [7, 11) is -2.95. The van der Waals surface area contributed by atoms with Crippen LogP contribution in [0.4, 0.5) is 0 Å². The van der Waals surface area contributed by atoms with Crippen LogP contribution in [0.2, 0.25) is 0 Å². The second-order valence-corrected chi connectivity index (χ2v) is 8.87. The Balaban J connectivity index is 0.00000484. The number of aliphatic imine (C=N–C) groups is 1. The van der Waals surface area contributed by atoms with Crippen LogP contribution in [0.1, 0.15) is 40.0 Å². The number of hydrogen-bond donors (Lipinski definition) is 2. The molecule has 0 bridgehead atoms. The van der Waals surface area contributed by atoms with Gasteiger partial charge in [-0.1, -0.05) is 6.42 Å². The quantitative estimate of drug-likeness (QED) is 0.342. The molecule has 2 N–H and O–H groups in total. The molecule has 138 valence electrons. The molecule has 0 radical (unpaired) electrons. The lowest BCUT2D eigenvalue weighted by atomic mass is 9.99. The van der Waals surface area contributed by atoms with Gasteiger partial charge in [0.15, 0.2) is 5.96 Å². The topological polar surface area (TPSA) is 73.8 Å². The number of halogens is 1. The fraction of sp³-hybridized carbons (Fsp3) is 0.933. The summed E-state index contributed by atoms with van der Waals surface area (Å²) in [5.74, 6) is 0.809. The monoisotopic (exact) mass is 460 g/mol. The molecule has 0 atom stereocenters. The molecular formula is C15H33IN4O2S. The van der Waals surface area contributed by atoms with Crippen molar-refractivity contribution in [1.29, 1.82) is 0 Å². The Labute approximate surface area is 158 Å². The highest BCUT2D eigenvalue weighted by molar-refractivity contribution is 14.0. The van der Waals surface area contributed by atoms with Crippen molar-refractivity contribution >= 4 is 39.8 Å². The van der Waals surface area contributed by atoms with E-state index in [1.807, 2.05) is 6.92 Å². The van der Waals surface area contributed by atoms with Crippen LogP contribution >= 0.6 is 24.0 Å². The van der Waals surface area contributed by atoms with Crippen LogP contribution in [-0.4, -0.2) is 69.5 Å². The number of sulfone groups is 1. The normalized spacial score (nSPS) is 17.5. The van der Waals surface area contributed by atoms with E-state index >= 15 is 0 Å². The summed E-state index contributed by atoms with van der Waals surface area (Å²) in [6, 6.07) is 0. The first-order valence-electron chi connectivity index (χ1n) is 8.19. The second kappa shape index (κ2) is 10.7. The van der Waals surface area contributed by atoms with Gasteiger partial charge in [-0.25, -0.2) is 8.42 Å². The van der Waals surface area contributed by atoms with Crippen molar-refractivity contribution in [2.24, 2.45) is 4.99 Å². The summed E-state index contributed by atoms with van der Waals surface area (Å²) in [5.41, 5.74) is 0.0274. The number of nitrogens with one attached hydrogen (secondary N) is 2. The fourth-order valence-corrected chi connectivity index (χ4v) is 3.04. The molecular weight excluding hydrogens is 427 g/mol. The first kappa shape index (κ1) is 22.9. The second-order valence-electron chi connectivity index (χ2n) is 6.61. The van der Waals surface area contributed by atoms with Crippen molar-refractivity contribution in [2.45, 2.75) is 45.6 Å². The highest BCUT2D eigenvalue weighted by Gasteiger charge is 2.27. The molecule has 0 aromatic carbocycles. The lowest BCUT2D eigenvalue weighted by Gasteiger charge is -2.40. The van der Waals surface area contributed by atoms with E-state index in [4.69, 9.17) is 0 Å². The summed E-state index contributed by atoms with van der Waals surface area (Å²) >= 11 is 0. The minimum absolute atomic E-state index is 0. The van der Waals surface area contributed by atoms with Crippen LogP contribution in [0.3, 0.4) is 0 Å². The summed E-state index contributed by atoms with van der Waals surface area (Å²) in [6.07, 6.45) is 5.10. The zero-order valence-electron chi connectivity index (χ0n) is 14.9. The van der Waals surface area contributed by atoms with E-state index in [2.05, 4.69) is 34.4 Å². The molecule has 0 aromatic rings. The Hall–Kier alpha value is -0.0900. The number of likely N-dealkylation sites (tertiary alicyclic amines) is 1. The third-order valence-corrected chi connectivity index (χ3v) is 4.89. The highest BCUT2D eigenvalue weighted by Crippen LogP contribution is 2.20. The molecule has 0 spiro atoms. The van der Waals surface area contributed by atoms with Crippen LogP contribution in [0.5, 0.6) is 0 Å². The Morgan fingerprint density at radius 2 is 1.78 bits per heavy atom. The van der Waals surface area contributed by atoms with Gasteiger partial charge in [-0.15, -0.1) is 24.0 Å². The molecule has 8 heteroatoms. The molecule has 0 aromatic heterocycles. The number of rotatable bonds is 7. The molecule has 6 nitrogen and oxygen atoms in total. The summed E-state index contributed by atoms with van der Waals surface area (Å²) < 4.78 is 22.4. The summed E-state index contributed by atoms with van der Waals surface area (Å²) in [4.78, 5) is 7.14. The smallest absolute Gasteiger partial charge is 0.191 e. The molecule has 0 unspecified atom stereocenters. The van der Waals surface area contributed by atoms with Gasteiger partial charge >= 0.3 is 0 Å². The van der Waals surface area contributed by atoms with Crippen LogP contribution in [0, 0.1) is 0 Å². The van der Waals surface area contributed by atoms with Crippen molar-refractivity contribution < 1.29 is 8.42 Å². The largest absolute Gasteiger partial charge is 0.357 e. The minimum atomic E-state index is -2.95. The van der Waals surface area contributed by atoms with Crippen LogP contribution in [0.25, 0.3) is 0 Å². The molecule has 1 saturated heterocycles. The van der Waals surface area contributed by atoms with Crippen molar-refractivity contribution in [3.05, 3.63) is 0 Å². The number of nitrogens with zero attached hydrogens (tertiary/aromatic N) is 2. The lowest BCUT2D eigenvalue weighted by molar-refractivity contribution is 0.102.